The van der Waals surface area contributed by atoms with E-state index >= 15 is 0 Å². The Kier molecular flexibility index (Phi) is 2.22. The van der Waals surface area contributed by atoms with E-state index in [9.17, 15) is 0 Å². The van der Waals surface area contributed by atoms with Crippen molar-refractivity contribution in [3.8, 4) is 0 Å². The van der Waals surface area contributed by atoms with Crippen LogP contribution < -0.4 is 5.73 Å². The molecule has 5 heteroatoms. The standard InChI is InChI=1S/C12H11N5/c13-12-6-14-9(5-15-12)7-17-8-16-10-3-1-2-4-11(10)17/h1-6,8H,7H2,(H2,13,15). The van der Waals surface area contributed by atoms with Gasteiger partial charge >= 0.3 is 0 Å². The first-order chi connectivity index (χ1) is 8.33. The zero-order chi connectivity index (χ0) is 11.7. The van der Waals surface area contributed by atoms with Gasteiger partial charge < -0.3 is 10.3 Å². The van der Waals surface area contributed by atoms with Gasteiger partial charge in [0.2, 0.25) is 0 Å². The number of nitrogen functional groups attached to an aromatic ring is 1. The molecule has 0 radical (unpaired) electrons. The molecule has 5 nitrogen and oxygen atoms in total. The lowest BCUT2D eigenvalue weighted by atomic mass is 10.3. The third-order valence-electron chi connectivity index (χ3n) is 2.58. The van der Waals surface area contributed by atoms with Gasteiger partial charge in [-0.1, -0.05) is 12.1 Å². The molecule has 0 saturated heterocycles. The van der Waals surface area contributed by atoms with Gasteiger partial charge in [-0.3, -0.25) is 4.98 Å². The van der Waals surface area contributed by atoms with Gasteiger partial charge in [0.25, 0.3) is 0 Å². The van der Waals surface area contributed by atoms with Crippen LogP contribution in [0.15, 0.2) is 43.0 Å². The Bertz CT molecular complexity index is 641. The van der Waals surface area contributed by atoms with Crippen molar-refractivity contribution in [3.05, 3.63) is 48.7 Å². The fourth-order valence-corrected chi connectivity index (χ4v) is 1.76. The van der Waals surface area contributed by atoms with E-state index in [4.69, 9.17) is 5.73 Å². The summed E-state index contributed by atoms with van der Waals surface area (Å²) in [5.74, 6) is 0.434. The molecule has 0 spiro atoms. The lowest BCUT2D eigenvalue weighted by molar-refractivity contribution is 0.791. The number of nitrogens with two attached hydrogens (primary N) is 1. The van der Waals surface area contributed by atoms with E-state index in [0.29, 0.717) is 12.4 Å². The van der Waals surface area contributed by atoms with Crippen LogP contribution in [0, 0.1) is 0 Å². The number of para-hydroxylation sites is 2. The molecule has 0 unspecified atom stereocenters. The van der Waals surface area contributed by atoms with Crippen molar-refractivity contribution in [2.75, 3.05) is 5.73 Å². The van der Waals surface area contributed by atoms with Crippen LogP contribution in [0.25, 0.3) is 11.0 Å². The smallest absolute Gasteiger partial charge is 0.141 e. The molecule has 0 fully saturated rings. The predicted molar refractivity (Wildman–Crippen MR) is 65.3 cm³/mol. The van der Waals surface area contributed by atoms with Crippen molar-refractivity contribution in [2.45, 2.75) is 6.54 Å². The molecule has 84 valence electrons. The van der Waals surface area contributed by atoms with Crippen LogP contribution in [0.2, 0.25) is 0 Å². The molecule has 0 aliphatic carbocycles. The van der Waals surface area contributed by atoms with Crippen molar-refractivity contribution < 1.29 is 0 Å². The highest BCUT2D eigenvalue weighted by Crippen LogP contribution is 2.12. The summed E-state index contributed by atoms with van der Waals surface area (Å²) in [6.45, 7) is 0.647. The number of benzene rings is 1. The summed E-state index contributed by atoms with van der Waals surface area (Å²) in [6, 6.07) is 7.99. The van der Waals surface area contributed by atoms with E-state index in [0.717, 1.165) is 16.7 Å². The molecular weight excluding hydrogens is 214 g/mol. The highest BCUT2D eigenvalue weighted by Gasteiger charge is 2.03. The average Bonchev–Trinajstić information content (AvgIpc) is 2.76. The van der Waals surface area contributed by atoms with Gasteiger partial charge in [0, 0.05) is 0 Å². The van der Waals surface area contributed by atoms with Crippen molar-refractivity contribution in [2.24, 2.45) is 0 Å². The third kappa shape index (κ3) is 1.82. The summed E-state index contributed by atoms with van der Waals surface area (Å²) < 4.78 is 2.04. The lowest BCUT2D eigenvalue weighted by Crippen LogP contribution is -2.02. The number of aromatic nitrogens is 4. The Morgan fingerprint density at radius 1 is 1.06 bits per heavy atom. The molecular formula is C12H11N5. The highest BCUT2D eigenvalue weighted by molar-refractivity contribution is 5.74. The van der Waals surface area contributed by atoms with Gasteiger partial charge in [-0.25, -0.2) is 9.97 Å². The lowest BCUT2D eigenvalue weighted by Gasteiger charge is -2.03. The molecule has 3 aromatic rings. The van der Waals surface area contributed by atoms with Gasteiger partial charge in [-0.15, -0.1) is 0 Å². The van der Waals surface area contributed by atoms with E-state index < -0.39 is 0 Å². The Morgan fingerprint density at radius 3 is 2.76 bits per heavy atom. The van der Waals surface area contributed by atoms with Crippen LogP contribution >= 0.6 is 0 Å². The van der Waals surface area contributed by atoms with Gasteiger partial charge in [0.1, 0.15) is 5.82 Å². The van der Waals surface area contributed by atoms with Crippen molar-refractivity contribution in [1.29, 1.82) is 0 Å². The molecule has 1 aromatic carbocycles. The number of imidazole rings is 1. The molecule has 0 aliphatic heterocycles. The molecule has 0 bridgehead atoms. The molecule has 0 amide bonds. The van der Waals surface area contributed by atoms with E-state index in [2.05, 4.69) is 15.0 Å². The third-order valence-corrected chi connectivity index (χ3v) is 2.58. The van der Waals surface area contributed by atoms with E-state index in [1.54, 1.807) is 12.4 Å². The van der Waals surface area contributed by atoms with Crippen molar-refractivity contribution in [3.63, 3.8) is 0 Å². The fourth-order valence-electron chi connectivity index (χ4n) is 1.76. The van der Waals surface area contributed by atoms with Crippen molar-refractivity contribution >= 4 is 16.9 Å². The molecule has 0 atom stereocenters. The van der Waals surface area contributed by atoms with Crippen LogP contribution in [-0.4, -0.2) is 19.5 Å². The Balaban J connectivity index is 1.97. The Hall–Kier alpha value is -2.43. The second-order valence-corrected chi connectivity index (χ2v) is 3.79. The number of anilines is 1. The van der Waals surface area contributed by atoms with E-state index in [1.807, 2.05) is 35.2 Å². The maximum Gasteiger partial charge on any atom is 0.141 e. The molecule has 17 heavy (non-hydrogen) atoms. The summed E-state index contributed by atoms with van der Waals surface area (Å²) in [6.07, 6.45) is 5.06. The minimum Gasteiger partial charge on any atom is -0.382 e. The van der Waals surface area contributed by atoms with Crippen LogP contribution in [0.3, 0.4) is 0 Å². The minimum absolute atomic E-state index is 0.434. The zero-order valence-corrected chi connectivity index (χ0v) is 9.11. The van der Waals surface area contributed by atoms with Crippen LogP contribution in [0.5, 0.6) is 0 Å². The second-order valence-electron chi connectivity index (χ2n) is 3.79. The van der Waals surface area contributed by atoms with Crippen molar-refractivity contribution in [1.82, 2.24) is 19.5 Å². The fraction of sp³-hybridized carbons (Fsp3) is 0.0833. The maximum atomic E-state index is 5.50. The largest absolute Gasteiger partial charge is 0.382 e. The predicted octanol–water partition coefficient (Wildman–Crippen LogP) is 1.46. The van der Waals surface area contributed by atoms with Gasteiger partial charge in [0.05, 0.1) is 42.0 Å². The molecule has 0 saturated carbocycles. The zero-order valence-electron chi connectivity index (χ0n) is 9.11. The molecule has 2 N–H and O–H groups in total. The molecule has 3 rings (SSSR count). The Labute approximate surface area is 98.0 Å². The van der Waals surface area contributed by atoms with E-state index in [1.165, 1.54) is 0 Å². The number of rotatable bonds is 2. The van der Waals surface area contributed by atoms with E-state index in [-0.39, 0.29) is 0 Å². The summed E-state index contributed by atoms with van der Waals surface area (Å²) >= 11 is 0. The number of fused-ring (bicyclic) bond motifs is 1. The normalized spacial score (nSPS) is 10.8. The summed E-state index contributed by atoms with van der Waals surface area (Å²) in [4.78, 5) is 12.6. The monoisotopic (exact) mass is 225 g/mol. The Morgan fingerprint density at radius 2 is 1.94 bits per heavy atom. The van der Waals surface area contributed by atoms with Gasteiger partial charge in [-0.2, -0.15) is 0 Å². The van der Waals surface area contributed by atoms with Gasteiger partial charge in [-0.05, 0) is 12.1 Å². The summed E-state index contributed by atoms with van der Waals surface area (Å²) in [5.41, 5.74) is 8.43. The minimum atomic E-state index is 0.434. The topological polar surface area (TPSA) is 69.6 Å². The first-order valence-corrected chi connectivity index (χ1v) is 5.29. The van der Waals surface area contributed by atoms with Crippen LogP contribution in [0.1, 0.15) is 5.69 Å². The second kappa shape index (κ2) is 3.86. The van der Waals surface area contributed by atoms with Crippen LogP contribution in [-0.2, 0) is 6.54 Å². The maximum absolute atomic E-state index is 5.50. The van der Waals surface area contributed by atoms with Gasteiger partial charge in [0.15, 0.2) is 0 Å². The molecule has 0 aliphatic rings. The number of hydrogen-bond acceptors (Lipinski definition) is 4. The first kappa shape index (κ1) is 9.77. The average molecular weight is 225 g/mol. The summed E-state index contributed by atoms with van der Waals surface area (Å²) in [5, 5.41) is 0. The first-order valence-electron chi connectivity index (χ1n) is 5.29. The number of hydrogen-bond donors (Lipinski definition) is 1. The quantitative estimate of drug-likeness (QED) is 0.716. The molecule has 2 aromatic heterocycles. The molecule has 2 heterocycles. The summed E-state index contributed by atoms with van der Waals surface area (Å²) in [7, 11) is 0. The SMILES string of the molecule is Nc1cnc(Cn2cnc3ccccc32)cn1. The highest BCUT2D eigenvalue weighted by atomic mass is 15.1. The number of nitrogens with zero attached hydrogens (tertiary/aromatic N) is 4. The van der Waals surface area contributed by atoms with Crippen LogP contribution in [0.4, 0.5) is 5.82 Å².